The fourth-order valence-electron chi connectivity index (χ4n) is 3.42. The minimum Gasteiger partial charge on any atom is -0.447 e. The molecular formula is C21H16N2O2S. The number of hydrogen-bond donors (Lipinski definition) is 0. The van der Waals surface area contributed by atoms with Crippen molar-refractivity contribution in [3.8, 4) is 6.07 Å². The number of fused-ring (bicyclic) bond motifs is 2. The lowest BCUT2D eigenvalue weighted by Crippen LogP contribution is -2.15. The Bertz CT molecular complexity index is 1050. The molecule has 4 rings (SSSR count). The second-order valence-corrected chi connectivity index (χ2v) is 7.08. The summed E-state index contributed by atoms with van der Waals surface area (Å²) in [5.41, 5.74) is 4.29. The highest BCUT2D eigenvalue weighted by Gasteiger charge is 2.25. The smallest absolute Gasteiger partial charge is 0.340 e. The predicted octanol–water partition coefficient (Wildman–Crippen LogP) is 4.85. The molecule has 0 unspecified atom stereocenters. The molecule has 0 aliphatic heterocycles. The molecule has 0 atom stereocenters. The highest BCUT2D eigenvalue weighted by atomic mass is 32.1. The number of para-hydroxylation sites is 1. The van der Waals surface area contributed by atoms with Crippen LogP contribution in [0, 0.1) is 11.3 Å². The maximum absolute atomic E-state index is 12.7. The van der Waals surface area contributed by atoms with Gasteiger partial charge in [0.2, 0.25) is 0 Å². The van der Waals surface area contributed by atoms with Gasteiger partial charge in [0.15, 0.2) is 6.61 Å². The van der Waals surface area contributed by atoms with E-state index in [0.717, 1.165) is 47.0 Å². The molecule has 1 aliphatic carbocycles. The summed E-state index contributed by atoms with van der Waals surface area (Å²) in [6, 6.07) is 13.6. The van der Waals surface area contributed by atoms with E-state index in [9.17, 15) is 4.79 Å². The molecule has 5 heteroatoms. The Morgan fingerprint density at radius 2 is 2.15 bits per heavy atom. The zero-order valence-corrected chi connectivity index (χ0v) is 14.9. The third-order valence-corrected chi connectivity index (χ3v) is 5.32. The van der Waals surface area contributed by atoms with Gasteiger partial charge in [0.1, 0.15) is 6.07 Å². The SMILES string of the molecule is N#CCOC(=O)c1c2c(nc3ccccc13)/C(=C/c1cccs1)CCC2. The maximum atomic E-state index is 12.7. The van der Waals surface area contributed by atoms with E-state index in [1.807, 2.05) is 36.4 Å². The van der Waals surface area contributed by atoms with Crippen LogP contribution in [0.3, 0.4) is 0 Å². The molecule has 26 heavy (non-hydrogen) atoms. The molecule has 0 saturated carbocycles. The zero-order valence-electron chi connectivity index (χ0n) is 14.1. The summed E-state index contributed by atoms with van der Waals surface area (Å²) in [7, 11) is 0. The third kappa shape index (κ3) is 3.00. The monoisotopic (exact) mass is 360 g/mol. The Balaban J connectivity index is 1.93. The normalized spacial score (nSPS) is 14.8. The summed E-state index contributed by atoms with van der Waals surface area (Å²) in [5.74, 6) is -0.446. The molecule has 3 aromatic rings. The standard InChI is InChI=1S/C21H16N2O2S/c22-10-11-25-21(24)19-16-7-1-2-9-18(16)23-20-14(5-3-8-17(19)20)13-15-6-4-12-26-15/h1-2,4,6-7,9,12-13H,3,5,8,11H2/b14-13+. The van der Waals surface area contributed by atoms with Gasteiger partial charge < -0.3 is 4.74 Å². The number of hydrogen-bond acceptors (Lipinski definition) is 5. The van der Waals surface area contributed by atoms with Crippen LogP contribution >= 0.6 is 11.3 Å². The number of pyridine rings is 1. The van der Waals surface area contributed by atoms with Crippen molar-refractivity contribution >= 4 is 39.9 Å². The van der Waals surface area contributed by atoms with E-state index < -0.39 is 5.97 Å². The number of nitriles is 1. The zero-order chi connectivity index (χ0) is 17.9. The van der Waals surface area contributed by atoms with Gasteiger partial charge >= 0.3 is 5.97 Å². The van der Waals surface area contributed by atoms with Crippen molar-refractivity contribution in [2.75, 3.05) is 6.61 Å². The van der Waals surface area contributed by atoms with Crippen LogP contribution in [-0.4, -0.2) is 17.6 Å². The Labute approximate surface area is 155 Å². The van der Waals surface area contributed by atoms with Gasteiger partial charge in [-0.2, -0.15) is 5.26 Å². The molecule has 0 N–H and O–H groups in total. The van der Waals surface area contributed by atoms with Gasteiger partial charge in [-0.1, -0.05) is 24.3 Å². The molecular weight excluding hydrogens is 344 g/mol. The number of rotatable bonds is 3. The number of carbonyl (C=O) groups is 1. The fourth-order valence-corrected chi connectivity index (χ4v) is 4.10. The minimum atomic E-state index is -0.446. The van der Waals surface area contributed by atoms with Crippen molar-refractivity contribution < 1.29 is 9.53 Å². The van der Waals surface area contributed by atoms with Gasteiger partial charge in [-0.3, -0.25) is 0 Å². The summed E-state index contributed by atoms with van der Waals surface area (Å²) in [5, 5.41) is 11.6. The molecule has 0 saturated heterocycles. The largest absolute Gasteiger partial charge is 0.447 e. The third-order valence-electron chi connectivity index (χ3n) is 4.50. The van der Waals surface area contributed by atoms with E-state index in [4.69, 9.17) is 15.0 Å². The van der Waals surface area contributed by atoms with Gasteiger partial charge in [-0.25, -0.2) is 9.78 Å². The lowest BCUT2D eigenvalue weighted by Gasteiger charge is -2.22. The van der Waals surface area contributed by atoms with Crippen LogP contribution in [0.15, 0.2) is 41.8 Å². The minimum absolute atomic E-state index is 0.248. The molecule has 128 valence electrons. The molecule has 0 bridgehead atoms. The van der Waals surface area contributed by atoms with Crippen LogP contribution < -0.4 is 0 Å². The number of carbonyl (C=O) groups excluding carboxylic acids is 1. The molecule has 2 aromatic heterocycles. The fraction of sp³-hybridized carbons (Fsp3) is 0.190. The van der Waals surface area contributed by atoms with Crippen molar-refractivity contribution in [1.29, 1.82) is 5.26 Å². The summed E-state index contributed by atoms with van der Waals surface area (Å²) in [6.07, 6.45) is 4.84. The van der Waals surface area contributed by atoms with Crippen molar-refractivity contribution in [2.24, 2.45) is 0 Å². The Kier molecular flexibility index (Phi) is 4.51. The van der Waals surface area contributed by atoms with E-state index in [2.05, 4.69) is 17.5 Å². The molecule has 2 heterocycles. The van der Waals surface area contributed by atoms with Crippen molar-refractivity contribution in [2.45, 2.75) is 19.3 Å². The topological polar surface area (TPSA) is 63.0 Å². The van der Waals surface area contributed by atoms with Crippen LogP contribution in [0.1, 0.15) is 39.3 Å². The lowest BCUT2D eigenvalue weighted by molar-refractivity contribution is 0.0556. The molecule has 0 fully saturated rings. The van der Waals surface area contributed by atoms with Crippen LogP contribution in [-0.2, 0) is 11.2 Å². The first-order valence-corrected chi connectivity index (χ1v) is 9.36. The van der Waals surface area contributed by atoms with E-state index in [1.165, 1.54) is 4.88 Å². The van der Waals surface area contributed by atoms with Gasteiger partial charge in [-0.05, 0) is 54.0 Å². The van der Waals surface area contributed by atoms with Gasteiger partial charge in [0.25, 0.3) is 0 Å². The maximum Gasteiger partial charge on any atom is 0.340 e. The van der Waals surface area contributed by atoms with Crippen LogP contribution in [0.2, 0.25) is 0 Å². The summed E-state index contributed by atoms with van der Waals surface area (Å²) < 4.78 is 5.15. The number of ether oxygens (including phenoxy) is 1. The number of thiophene rings is 1. The average Bonchev–Trinajstić information content (AvgIpc) is 3.18. The second kappa shape index (κ2) is 7.11. The average molecular weight is 360 g/mol. The van der Waals surface area contributed by atoms with Crippen LogP contribution in [0.5, 0.6) is 0 Å². The number of nitrogens with zero attached hydrogens (tertiary/aromatic N) is 2. The van der Waals surface area contributed by atoms with E-state index in [0.29, 0.717) is 5.56 Å². The highest BCUT2D eigenvalue weighted by molar-refractivity contribution is 7.10. The summed E-state index contributed by atoms with van der Waals surface area (Å²) >= 11 is 1.68. The Morgan fingerprint density at radius 3 is 2.96 bits per heavy atom. The Morgan fingerprint density at radius 1 is 1.27 bits per heavy atom. The molecule has 1 aromatic carbocycles. The summed E-state index contributed by atoms with van der Waals surface area (Å²) in [4.78, 5) is 18.7. The second-order valence-electron chi connectivity index (χ2n) is 6.10. The van der Waals surface area contributed by atoms with E-state index in [-0.39, 0.29) is 6.61 Å². The van der Waals surface area contributed by atoms with Gasteiger partial charge in [0.05, 0.1) is 16.8 Å². The van der Waals surface area contributed by atoms with E-state index >= 15 is 0 Å². The van der Waals surface area contributed by atoms with Crippen LogP contribution in [0.25, 0.3) is 22.6 Å². The summed E-state index contributed by atoms with van der Waals surface area (Å²) in [6.45, 7) is -0.248. The number of aromatic nitrogens is 1. The number of esters is 1. The van der Waals surface area contributed by atoms with E-state index in [1.54, 1.807) is 11.3 Å². The highest BCUT2D eigenvalue weighted by Crippen LogP contribution is 2.36. The molecule has 0 amide bonds. The lowest BCUT2D eigenvalue weighted by atomic mass is 9.86. The first-order chi connectivity index (χ1) is 12.8. The molecule has 0 radical (unpaired) electrons. The quantitative estimate of drug-likeness (QED) is 0.626. The molecule has 4 nitrogen and oxygen atoms in total. The molecule has 0 spiro atoms. The van der Waals surface area contributed by atoms with Crippen molar-refractivity contribution in [3.63, 3.8) is 0 Å². The number of allylic oxidation sites excluding steroid dienone is 1. The number of benzene rings is 1. The van der Waals surface area contributed by atoms with Crippen LogP contribution in [0.4, 0.5) is 0 Å². The predicted molar refractivity (Wildman–Crippen MR) is 103 cm³/mol. The molecule has 1 aliphatic rings. The first-order valence-electron chi connectivity index (χ1n) is 8.48. The van der Waals surface area contributed by atoms with Gasteiger partial charge in [0, 0.05) is 10.3 Å². The first kappa shape index (κ1) is 16.5. The van der Waals surface area contributed by atoms with Crippen molar-refractivity contribution in [1.82, 2.24) is 4.98 Å². The Hall–Kier alpha value is -2.97. The van der Waals surface area contributed by atoms with Crippen molar-refractivity contribution in [3.05, 3.63) is 63.5 Å². The van der Waals surface area contributed by atoms with Gasteiger partial charge in [-0.15, -0.1) is 11.3 Å².